The standard InChI is InChI=1S/C9H12O3/c1-5-4-7(10)9(12-3)8(11)6(5)2/h4,10-11H,1-3H3. The van der Waals surface area contributed by atoms with Crippen molar-refractivity contribution in [2.24, 2.45) is 0 Å². The number of hydrogen-bond acceptors (Lipinski definition) is 3. The Hall–Kier alpha value is -1.38. The van der Waals surface area contributed by atoms with E-state index in [2.05, 4.69) is 0 Å². The molecule has 0 spiro atoms. The largest absolute Gasteiger partial charge is 0.504 e. The van der Waals surface area contributed by atoms with Crippen molar-refractivity contribution >= 4 is 0 Å². The lowest BCUT2D eigenvalue weighted by Crippen LogP contribution is -1.89. The highest BCUT2D eigenvalue weighted by molar-refractivity contribution is 5.56. The molecular formula is C9H12O3. The van der Waals surface area contributed by atoms with Gasteiger partial charge in [0.25, 0.3) is 0 Å². The lowest BCUT2D eigenvalue weighted by atomic mass is 10.1. The maximum absolute atomic E-state index is 9.47. The van der Waals surface area contributed by atoms with E-state index in [1.807, 2.05) is 6.92 Å². The topological polar surface area (TPSA) is 49.7 Å². The van der Waals surface area contributed by atoms with Gasteiger partial charge in [-0.3, -0.25) is 0 Å². The Balaban J connectivity index is 3.40. The van der Waals surface area contributed by atoms with Gasteiger partial charge < -0.3 is 14.9 Å². The van der Waals surface area contributed by atoms with Gasteiger partial charge in [-0.15, -0.1) is 0 Å². The highest BCUT2D eigenvalue weighted by Crippen LogP contribution is 2.39. The maximum atomic E-state index is 9.47. The second kappa shape index (κ2) is 2.93. The summed E-state index contributed by atoms with van der Waals surface area (Å²) in [5.74, 6) is 0.117. The number of phenolic OH excluding ortho intramolecular Hbond substituents is 2. The minimum Gasteiger partial charge on any atom is -0.504 e. The summed E-state index contributed by atoms with van der Waals surface area (Å²) in [7, 11) is 1.41. The van der Waals surface area contributed by atoms with E-state index in [1.165, 1.54) is 7.11 Å². The van der Waals surface area contributed by atoms with Crippen LogP contribution in [0.5, 0.6) is 17.2 Å². The summed E-state index contributed by atoms with van der Waals surface area (Å²) in [4.78, 5) is 0. The number of rotatable bonds is 1. The molecule has 66 valence electrons. The van der Waals surface area contributed by atoms with E-state index in [-0.39, 0.29) is 17.2 Å². The zero-order valence-corrected chi connectivity index (χ0v) is 7.38. The maximum Gasteiger partial charge on any atom is 0.203 e. The lowest BCUT2D eigenvalue weighted by molar-refractivity contribution is 0.343. The van der Waals surface area contributed by atoms with Crippen molar-refractivity contribution in [3.05, 3.63) is 17.2 Å². The van der Waals surface area contributed by atoms with Gasteiger partial charge >= 0.3 is 0 Å². The highest BCUT2D eigenvalue weighted by atomic mass is 16.5. The Morgan fingerprint density at radius 3 is 2.33 bits per heavy atom. The monoisotopic (exact) mass is 168 g/mol. The van der Waals surface area contributed by atoms with Gasteiger partial charge in [0, 0.05) is 0 Å². The molecule has 0 aromatic heterocycles. The zero-order chi connectivity index (χ0) is 9.30. The quantitative estimate of drug-likeness (QED) is 0.671. The van der Waals surface area contributed by atoms with Crippen LogP contribution < -0.4 is 4.74 Å². The number of benzene rings is 1. The molecule has 3 nitrogen and oxygen atoms in total. The smallest absolute Gasteiger partial charge is 0.203 e. The van der Waals surface area contributed by atoms with Gasteiger partial charge in [-0.2, -0.15) is 0 Å². The second-order valence-electron chi connectivity index (χ2n) is 2.72. The van der Waals surface area contributed by atoms with Crippen LogP contribution in [0.15, 0.2) is 6.07 Å². The van der Waals surface area contributed by atoms with E-state index in [0.717, 1.165) is 11.1 Å². The van der Waals surface area contributed by atoms with Crippen molar-refractivity contribution in [1.29, 1.82) is 0 Å². The molecule has 0 bridgehead atoms. The highest BCUT2D eigenvalue weighted by Gasteiger charge is 2.12. The van der Waals surface area contributed by atoms with Crippen LogP contribution in [0.2, 0.25) is 0 Å². The third-order valence-electron chi connectivity index (χ3n) is 1.95. The van der Waals surface area contributed by atoms with E-state index in [1.54, 1.807) is 13.0 Å². The summed E-state index contributed by atoms with van der Waals surface area (Å²) in [6.45, 7) is 3.58. The molecule has 0 saturated carbocycles. The lowest BCUT2D eigenvalue weighted by Gasteiger charge is -2.09. The minimum absolute atomic E-state index is 0.00926. The number of hydrogen-bond donors (Lipinski definition) is 2. The first kappa shape index (κ1) is 8.71. The molecule has 1 aromatic rings. The summed E-state index contributed by atoms with van der Waals surface area (Å²) < 4.78 is 4.81. The van der Waals surface area contributed by atoms with Gasteiger partial charge in [0.15, 0.2) is 11.5 Å². The summed E-state index contributed by atoms with van der Waals surface area (Å²) in [5, 5.41) is 18.8. The van der Waals surface area contributed by atoms with Gasteiger partial charge in [0.1, 0.15) is 0 Å². The molecule has 1 rings (SSSR count). The van der Waals surface area contributed by atoms with Gasteiger partial charge in [-0.25, -0.2) is 0 Å². The summed E-state index contributed by atoms with van der Waals surface area (Å²) in [5.41, 5.74) is 1.57. The van der Waals surface area contributed by atoms with Crippen LogP contribution in [-0.4, -0.2) is 17.3 Å². The van der Waals surface area contributed by atoms with Gasteiger partial charge in [-0.1, -0.05) is 0 Å². The minimum atomic E-state index is -0.0295. The van der Waals surface area contributed by atoms with E-state index in [0.29, 0.717) is 0 Å². The number of aryl methyl sites for hydroxylation is 1. The fourth-order valence-electron chi connectivity index (χ4n) is 1.06. The Morgan fingerprint density at radius 1 is 1.25 bits per heavy atom. The Kier molecular flexibility index (Phi) is 2.13. The first-order valence-electron chi connectivity index (χ1n) is 3.64. The molecule has 0 aliphatic rings. The average molecular weight is 168 g/mol. The van der Waals surface area contributed by atoms with Crippen molar-refractivity contribution in [3.63, 3.8) is 0 Å². The van der Waals surface area contributed by atoms with Crippen molar-refractivity contribution in [2.75, 3.05) is 7.11 Å². The van der Waals surface area contributed by atoms with Crippen LogP contribution in [-0.2, 0) is 0 Å². The van der Waals surface area contributed by atoms with Crippen LogP contribution in [0.4, 0.5) is 0 Å². The van der Waals surface area contributed by atoms with Gasteiger partial charge in [-0.05, 0) is 31.0 Å². The first-order valence-corrected chi connectivity index (χ1v) is 3.64. The predicted octanol–water partition coefficient (Wildman–Crippen LogP) is 1.72. The number of aromatic hydroxyl groups is 2. The fraction of sp³-hybridized carbons (Fsp3) is 0.333. The Morgan fingerprint density at radius 2 is 1.83 bits per heavy atom. The van der Waals surface area contributed by atoms with Gasteiger partial charge in [0.05, 0.1) is 7.11 Å². The molecule has 0 atom stereocenters. The number of phenols is 2. The first-order chi connectivity index (χ1) is 5.57. The second-order valence-corrected chi connectivity index (χ2v) is 2.72. The van der Waals surface area contributed by atoms with Gasteiger partial charge in [0.2, 0.25) is 5.75 Å². The molecule has 3 heteroatoms. The van der Waals surface area contributed by atoms with Crippen LogP contribution in [0, 0.1) is 13.8 Å². The normalized spacial score (nSPS) is 9.92. The zero-order valence-electron chi connectivity index (χ0n) is 7.38. The predicted molar refractivity (Wildman–Crippen MR) is 45.8 cm³/mol. The molecule has 0 fully saturated rings. The summed E-state index contributed by atoms with van der Waals surface area (Å²) in [6, 6.07) is 1.56. The van der Waals surface area contributed by atoms with E-state index in [4.69, 9.17) is 4.74 Å². The summed E-state index contributed by atoms with van der Waals surface area (Å²) in [6.07, 6.45) is 0. The van der Waals surface area contributed by atoms with Crippen molar-refractivity contribution in [1.82, 2.24) is 0 Å². The molecule has 0 aliphatic carbocycles. The molecule has 0 amide bonds. The molecule has 12 heavy (non-hydrogen) atoms. The average Bonchev–Trinajstić information content (AvgIpc) is 2.01. The molecule has 0 heterocycles. The summed E-state index contributed by atoms with van der Waals surface area (Å²) >= 11 is 0. The SMILES string of the molecule is COc1c(O)cc(C)c(C)c1O. The van der Waals surface area contributed by atoms with Crippen LogP contribution >= 0.6 is 0 Å². The van der Waals surface area contributed by atoms with Crippen molar-refractivity contribution in [2.45, 2.75) is 13.8 Å². The fourth-order valence-corrected chi connectivity index (χ4v) is 1.06. The number of methoxy groups -OCH3 is 1. The van der Waals surface area contributed by atoms with Crippen molar-refractivity contribution < 1.29 is 14.9 Å². The Labute approximate surface area is 71.2 Å². The van der Waals surface area contributed by atoms with Crippen LogP contribution in [0.1, 0.15) is 11.1 Å². The molecule has 0 saturated heterocycles. The van der Waals surface area contributed by atoms with Crippen LogP contribution in [0.25, 0.3) is 0 Å². The van der Waals surface area contributed by atoms with E-state index in [9.17, 15) is 10.2 Å². The van der Waals surface area contributed by atoms with E-state index >= 15 is 0 Å². The van der Waals surface area contributed by atoms with E-state index < -0.39 is 0 Å². The molecule has 2 N–H and O–H groups in total. The molecule has 1 aromatic carbocycles. The molecule has 0 radical (unpaired) electrons. The Bertz CT molecular complexity index is 305. The molecule has 0 unspecified atom stereocenters. The molecular weight excluding hydrogens is 156 g/mol. The number of ether oxygens (including phenoxy) is 1. The third kappa shape index (κ3) is 1.18. The van der Waals surface area contributed by atoms with Crippen molar-refractivity contribution in [3.8, 4) is 17.2 Å². The molecule has 0 aliphatic heterocycles. The third-order valence-corrected chi connectivity index (χ3v) is 1.95. The van der Waals surface area contributed by atoms with Crippen LogP contribution in [0.3, 0.4) is 0 Å².